The molecule has 2 amide bonds. The Balaban J connectivity index is 2.51. The van der Waals surface area contributed by atoms with Crippen molar-refractivity contribution in [3.05, 3.63) is 29.3 Å². The van der Waals surface area contributed by atoms with E-state index in [1.807, 2.05) is 6.92 Å². The number of amides is 2. The van der Waals surface area contributed by atoms with Crippen LogP contribution < -0.4 is 10.6 Å². The summed E-state index contributed by atoms with van der Waals surface area (Å²) in [5, 5.41) is 14.8. The summed E-state index contributed by atoms with van der Waals surface area (Å²) >= 11 is 5.78. The summed E-state index contributed by atoms with van der Waals surface area (Å²) in [6.07, 6.45) is 0.680. The van der Waals surface area contributed by atoms with Crippen LogP contribution in [-0.4, -0.2) is 23.8 Å². The van der Waals surface area contributed by atoms with Crippen LogP contribution in [0.5, 0.6) is 0 Å². The van der Waals surface area contributed by atoms with Crippen molar-refractivity contribution < 1.29 is 9.90 Å². The van der Waals surface area contributed by atoms with Gasteiger partial charge in [-0.25, -0.2) is 4.79 Å². The number of hydrogen-bond donors (Lipinski definition) is 3. The van der Waals surface area contributed by atoms with Crippen molar-refractivity contribution in [1.82, 2.24) is 5.32 Å². The lowest BCUT2D eigenvalue weighted by Gasteiger charge is -2.14. The van der Waals surface area contributed by atoms with Crippen molar-refractivity contribution in [3.8, 4) is 0 Å². The van der Waals surface area contributed by atoms with E-state index in [1.54, 1.807) is 24.3 Å². The first-order valence-electron chi connectivity index (χ1n) is 5.09. The standard InChI is InChI=1S/C11H15ClN2O2/c1-2-9(7-15)13-11(16)14-10-5-3-4-8(12)6-10/h3-6,9,15H,2,7H2,1H3,(H2,13,14,16). The predicted octanol–water partition coefficient (Wildman–Crippen LogP) is 2.23. The van der Waals surface area contributed by atoms with E-state index in [2.05, 4.69) is 10.6 Å². The van der Waals surface area contributed by atoms with Crippen LogP contribution >= 0.6 is 11.6 Å². The molecular formula is C11H15ClN2O2. The van der Waals surface area contributed by atoms with Crippen LogP contribution in [0.4, 0.5) is 10.5 Å². The first-order valence-corrected chi connectivity index (χ1v) is 5.47. The zero-order valence-electron chi connectivity index (χ0n) is 9.03. The van der Waals surface area contributed by atoms with Gasteiger partial charge in [0.1, 0.15) is 0 Å². The van der Waals surface area contributed by atoms with E-state index < -0.39 is 0 Å². The number of anilines is 1. The predicted molar refractivity (Wildman–Crippen MR) is 64.8 cm³/mol. The van der Waals surface area contributed by atoms with Gasteiger partial charge in [-0.15, -0.1) is 0 Å². The molecular weight excluding hydrogens is 228 g/mol. The molecule has 1 aromatic rings. The molecule has 1 atom stereocenters. The summed E-state index contributed by atoms with van der Waals surface area (Å²) in [6.45, 7) is 1.82. The summed E-state index contributed by atoms with van der Waals surface area (Å²) in [5.41, 5.74) is 0.623. The van der Waals surface area contributed by atoms with Crippen LogP contribution in [0.25, 0.3) is 0 Å². The van der Waals surface area contributed by atoms with E-state index in [9.17, 15) is 4.79 Å². The van der Waals surface area contributed by atoms with E-state index in [-0.39, 0.29) is 18.7 Å². The molecule has 0 fully saturated rings. The molecule has 1 rings (SSSR count). The Kier molecular flexibility index (Phi) is 5.08. The third kappa shape index (κ3) is 4.08. The highest BCUT2D eigenvalue weighted by Crippen LogP contribution is 2.14. The van der Waals surface area contributed by atoms with Crippen LogP contribution in [0.2, 0.25) is 5.02 Å². The Morgan fingerprint density at radius 1 is 1.56 bits per heavy atom. The molecule has 0 saturated carbocycles. The Bertz CT molecular complexity index is 354. The van der Waals surface area contributed by atoms with Crippen LogP contribution in [0, 0.1) is 0 Å². The first kappa shape index (κ1) is 12.8. The molecule has 0 radical (unpaired) electrons. The van der Waals surface area contributed by atoms with Crippen molar-refractivity contribution in [2.75, 3.05) is 11.9 Å². The number of rotatable bonds is 4. The maximum absolute atomic E-state index is 11.5. The van der Waals surface area contributed by atoms with E-state index in [1.165, 1.54) is 0 Å². The monoisotopic (exact) mass is 242 g/mol. The van der Waals surface area contributed by atoms with Crippen molar-refractivity contribution >= 4 is 23.3 Å². The first-order chi connectivity index (χ1) is 7.65. The number of aliphatic hydroxyl groups excluding tert-OH is 1. The fourth-order valence-corrected chi connectivity index (χ4v) is 1.39. The quantitative estimate of drug-likeness (QED) is 0.758. The fourth-order valence-electron chi connectivity index (χ4n) is 1.20. The third-order valence-corrected chi connectivity index (χ3v) is 2.37. The van der Waals surface area contributed by atoms with E-state index in [4.69, 9.17) is 16.7 Å². The average molecular weight is 243 g/mol. The Labute approximate surface area is 99.6 Å². The molecule has 0 saturated heterocycles. The molecule has 0 heterocycles. The number of aliphatic hydroxyl groups is 1. The molecule has 88 valence electrons. The lowest BCUT2D eigenvalue weighted by molar-refractivity contribution is 0.222. The van der Waals surface area contributed by atoms with Gasteiger partial charge in [0.25, 0.3) is 0 Å². The Hall–Kier alpha value is -1.26. The largest absolute Gasteiger partial charge is 0.394 e. The molecule has 3 N–H and O–H groups in total. The molecule has 0 spiro atoms. The number of hydrogen-bond acceptors (Lipinski definition) is 2. The number of benzene rings is 1. The molecule has 1 unspecified atom stereocenters. The Morgan fingerprint density at radius 3 is 2.88 bits per heavy atom. The molecule has 1 aromatic carbocycles. The van der Waals surface area contributed by atoms with Gasteiger partial charge in [-0.05, 0) is 24.6 Å². The SMILES string of the molecule is CCC(CO)NC(=O)Nc1cccc(Cl)c1. The number of nitrogens with one attached hydrogen (secondary N) is 2. The molecule has 5 heteroatoms. The highest BCUT2D eigenvalue weighted by molar-refractivity contribution is 6.30. The minimum Gasteiger partial charge on any atom is -0.394 e. The Morgan fingerprint density at radius 2 is 2.31 bits per heavy atom. The summed E-state index contributed by atoms with van der Waals surface area (Å²) in [7, 11) is 0. The van der Waals surface area contributed by atoms with Gasteiger partial charge in [0, 0.05) is 10.7 Å². The summed E-state index contributed by atoms with van der Waals surface area (Å²) < 4.78 is 0. The maximum atomic E-state index is 11.5. The topological polar surface area (TPSA) is 61.4 Å². The van der Waals surface area contributed by atoms with Crippen molar-refractivity contribution in [2.45, 2.75) is 19.4 Å². The lowest BCUT2D eigenvalue weighted by atomic mass is 10.2. The minimum absolute atomic E-state index is 0.0700. The number of urea groups is 1. The fraction of sp³-hybridized carbons (Fsp3) is 0.364. The molecule has 0 bridgehead atoms. The second-order valence-electron chi connectivity index (χ2n) is 3.40. The summed E-state index contributed by atoms with van der Waals surface area (Å²) in [5.74, 6) is 0. The van der Waals surface area contributed by atoms with Gasteiger partial charge in [-0.3, -0.25) is 0 Å². The molecule has 0 aliphatic heterocycles. The normalized spacial score (nSPS) is 11.9. The lowest BCUT2D eigenvalue weighted by Crippen LogP contribution is -2.39. The smallest absolute Gasteiger partial charge is 0.319 e. The van der Waals surface area contributed by atoms with E-state index in [0.29, 0.717) is 17.1 Å². The zero-order valence-corrected chi connectivity index (χ0v) is 9.79. The maximum Gasteiger partial charge on any atom is 0.319 e. The highest BCUT2D eigenvalue weighted by Gasteiger charge is 2.08. The van der Waals surface area contributed by atoms with Gasteiger partial charge in [0.15, 0.2) is 0 Å². The van der Waals surface area contributed by atoms with Gasteiger partial charge < -0.3 is 15.7 Å². The third-order valence-electron chi connectivity index (χ3n) is 2.13. The average Bonchev–Trinajstić information content (AvgIpc) is 2.26. The number of halogens is 1. The van der Waals surface area contributed by atoms with E-state index in [0.717, 1.165) is 0 Å². The van der Waals surface area contributed by atoms with Gasteiger partial charge >= 0.3 is 6.03 Å². The number of carbonyl (C=O) groups excluding carboxylic acids is 1. The van der Waals surface area contributed by atoms with Crippen LogP contribution in [0.3, 0.4) is 0 Å². The summed E-state index contributed by atoms with van der Waals surface area (Å²) in [4.78, 5) is 11.5. The van der Waals surface area contributed by atoms with Crippen LogP contribution in [0.1, 0.15) is 13.3 Å². The van der Waals surface area contributed by atoms with Crippen molar-refractivity contribution in [1.29, 1.82) is 0 Å². The second-order valence-corrected chi connectivity index (χ2v) is 3.83. The van der Waals surface area contributed by atoms with Gasteiger partial charge in [-0.1, -0.05) is 24.6 Å². The molecule has 0 aliphatic rings. The van der Waals surface area contributed by atoms with Gasteiger partial charge in [0.2, 0.25) is 0 Å². The molecule has 4 nitrogen and oxygen atoms in total. The molecule has 0 aliphatic carbocycles. The minimum atomic E-state index is -0.344. The molecule has 0 aromatic heterocycles. The second kappa shape index (κ2) is 6.35. The zero-order chi connectivity index (χ0) is 12.0. The van der Waals surface area contributed by atoms with Crippen LogP contribution in [0.15, 0.2) is 24.3 Å². The van der Waals surface area contributed by atoms with Crippen LogP contribution in [-0.2, 0) is 0 Å². The highest BCUT2D eigenvalue weighted by atomic mass is 35.5. The van der Waals surface area contributed by atoms with E-state index >= 15 is 0 Å². The van der Waals surface area contributed by atoms with Gasteiger partial charge in [-0.2, -0.15) is 0 Å². The number of carbonyl (C=O) groups is 1. The van der Waals surface area contributed by atoms with Gasteiger partial charge in [0.05, 0.1) is 12.6 Å². The van der Waals surface area contributed by atoms with Crippen molar-refractivity contribution in [2.24, 2.45) is 0 Å². The van der Waals surface area contributed by atoms with Crippen molar-refractivity contribution in [3.63, 3.8) is 0 Å². The summed E-state index contributed by atoms with van der Waals surface area (Å²) in [6, 6.07) is 6.31. The molecule has 16 heavy (non-hydrogen) atoms.